The minimum atomic E-state index is 0.587. The molecule has 3 nitrogen and oxygen atoms in total. The van der Waals surface area contributed by atoms with Crippen LogP contribution < -0.4 is 4.74 Å². The van der Waals surface area contributed by atoms with Gasteiger partial charge in [0, 0.05) is 17.4 Å². The van der Waals surface area contributed by atoms with E-state index in [0.717, 1.165) is 24.6 Å². The normalized spacial score (nSPS) is 16.1. The molecule has 1 fully saturated rings. The molecule has 27 heavy (non-hydrogen) atoms. The highest BCUT2D eigenvalue weighted by Gasteiger charge is 2.17. The summed E-state index contributed by atoms with van der Waals surface area (Å²) in [5.74, 6) is 1.81. The second-order valence-electron chi connectivity index (χ2n) is 8.00. The van der Waals surface area contributed by atoms with Gasteiger partial charge in [0.2, 0.25) is 0 Å². The number of likely N-dealkylation sites (tertiary alicyclic amines) is 1. The highest BCUT2D eigenvalue weighted by molar-refractivity contribution is 5.84. The van der Waals surface area contributed by atoms with Gasteiger partial charge in [-0.05, 0) is 69.0 Å². The first kappa shape index (κ1) is 18.1. The largest absolute Gasteiger partial charge is 0.487 e. The summed E-state index contributed by atoms with van der Waals surface area (Å²) in [7, 11) is 0. The third-order valence-electron chi connectivity index (χ3n) is 5.86. The quantitative estimate of drug-likeness (QED) is 0.642. The zero-order chi connectivity index (χ0) is 18.6. The van der Waals surface area contributed by atoms with Crippen LogP contribution in [-0.4, -0.2) is 29.5 Å². The molecule has 0 radical (unpaired) electrons. The lowest BCUT2D eigenvalue weighted by atomic mass is 9.98. The Morgan fingerprint density at radius 3 is 2.56 bits per heavy atom. The Morgan fingerprint density at radius 1 is 1.04 bits per heavy atom. The molecule has 0 aliphatic carbocycles. The molecule has 0 amide bonds. The number of ether oxygens (including phenoxy) is 1. The van der Waals surface area contributed by atoms with E-state index in [1.165, 1.54) is 53.7 Å². The fraction of sp³-hybridized carbons (Fsp3) is 0.417. The maximum absolute atomic E-state index is 6.08. The van der Waals surface area contributed by atoms with Gasteiger partial charge in [-0.15, -0.1) is 0 Å². The van der Waals surface area contributed by atoms with Gasteiger partial charge in [0.1, 0.15) is 12.4 Å². The number of aromatic amines is 1. The second-order valence-corrected chi connectivity index (χ2v) is 8.00. The monoisotopic (exact) mass is 362 g/mol. The van der Waals surface area contributed by atoms with Crippen LogP contribution in [0.15, 0.2) is 48.5 Å². The van der Waals surface area contributed by atoms with Crippen LogP contribution in [0.25, 0.3) is 10.9 Å². The lowest BCUT2D eigenvalue weighted by Gasteiger charge is -2.30. The second kappa shape index (κ2) is 8.18. The van der Waals surface area contributed by atoms with Gasteiger partial charge < -0.3 is 14.6 Å². The van der Waals surface area contributed by atoms with Gasteiger partial charge in [-0.3, -0.25) is 0 Å². The number of H-pyrrole nitrogens is 1. The molecule has 1 aliphatic rings. The van der Waals surface area contributed by atoms with Crippen molar-refractivity contribution in [2.75, 3.05) is 19.6 Å². The van der Waals surface area contributed by atoms with Crippen molar-refractivity contribution in [2.24, 2.45) is 5.92 Å². The number of nitrogens with one attached hydrogen (secondary N) is 1. The molecule has 0 atom stereocenters. The summed E-state index contributed by atoms with van der Waals surface area (Å²) in [6, 6.07) is 16.9. The molecular weight excluding hydrogens is 332 g/mol. The Balaban J connectivity index is 1.49. The number of fused-ring (bicyclic) bond motifs is 1. The molecule has 4 rings (SSSR count). The number of rotatable bonds is 6. The van der Waals surface area contributed by atoms with E-state index in [1.807, 2.05) is 12.1 Å². The zero-order valence-corrected chi connectivity index (χ0v) is 16.5. The molecule has 1 N–H and O–H groups in total. The van der Waals surface area contributed by atoms with Gasteiger partial charge in [-0.2, -0.15) is 0 Å². The van der Waals surface area contributed by atoms with Crippen molar-refractivity contribution in [3.63, 3.8) is 0 Å². The lowest BCUT2D eigenvalue weighted by molar-refractivity contribution is 0.194. The van der Waals surface area contributed by atoms with Crippen molar-refractivity contribution < 1.29 is 4.74 Å². The molecule has 142 valence electrons. The maximum Gasteiger partial charge on any atom is 0.128 e. The Morgan fingerprint density at radius 2 is 1.78 bits per heavy atom. The molecule has 1 aromatic heterocycles. The Kier molecular flexibility index (Phi) is 5.49. The van der Waals surface area contributed by atoms with Crippen LogP contribution in [-0.2, 0) is 13.0 Å². The maximum atomic E-state index is 6.08. The average Bonchev–Trinajstić information content (AvgIpc) is 3.05. The van der Waals surface area contributed by atoms with Crippen molar-refractivity contribution in [1.29, 1.82) is 0 Å². The van der Waals surface area contributed by atoms with Crippen LogP contribution in [0, 0.1) is 12.8 Å². The molecule has 3 heteroatoms. The van der Waals surface area contributed by atoms with Crippen LogP contribution >= 0.6 is 0 Å². The smallest absolute Gasteiger partial charge is 0.128 e. The van der Waals surface area contributed by atoms with E-state index in [0.29, 0.717) is 6.61 Å². The van der Waals surface area contributed by atoms with E-state index < -0.39 is 0 Å². The zero-order valence-electron chi connectivity index (χ0n) is 16.5. The standard InChI is InChI=1S/C24H30N2O/c1-18-7-9-20(10-8-18)27-17-24-22(21-5-3-4-6-23(21)25-24)13-16-26-14-11-19(2)12-15-26/h3-10,19,25H,11-17H2,1-2H3. The number of para-hydroxylation sites is 1. The van der Waals surface area contributed by atoms with Crippen LogP contribution in [0.3, 0.4) is 0 Å². The molecule has 0 unspecified atom stereocenters. The summed E-state index contributed by atoms with van der Waals surface area (Å²) in [5.41, 5.74) is 5.09. The molecule has 2 heterocycles. The van der Waals surface area contributed by atoms with Gasteiger partial charge in [0.05, 0.1) is 5.69 Å². The van der Waals surface area contributed by atoms with Crippen molar-refractivity contribution >= 4 is 10.9 Å². The van der Waals surface area contributed by atoms with Crippen LogP contribution in [0.2, 0.25) is 0 Å². The summed E-state index contributed by atoms with van der Waals surface area (Å²) in [4.78, 5) is 6.21. The number of piperidine rings is 1. The van der Waals surface area contributed by atoms with Gasteiger partial charge in [-0.1, -0.05) is 42.8 Å². The van der Waals surface area contributed by atoms with E-state index in [9.17, 15) is 0 Å². The van der Waals surface area contributed by atoms with Crippen LogP contribution in [0.5, 0.6) is 5.75 Å². The van der Waals surface area contributed by atoms with Crippen molar-refractivity contribution in [3.8, 4) is 5.75 Å². The van der Waals surface area contributed by atoms with E-state index in [-0.39, 0.29) is 0 Å². The van der Waals surface area contributed by atoms with Crippen LogP contribution in [0.4, 0.5) is 0 Å². The van der Waals surface area contributed by atoms with E-state index in [2.05, 4.69) is 60.1 Å². The fourth-order valence-electron chi connectivity index (χ4n) is 4.01. The molecule has 0 saturated carbocycles. The lowest BCUT2D eigenvalue weighted by Crippen LogP contribution is -2.34. The molecule has 1 aliphatic heterocycles. The Bertz CT molecular complexity index is 873. The summed E-state index contributed by atoms with van der Waals surface area (Å²) in [6.45, 7) is 8.66. The fourth-order valence-corrected chi connectivity index (χ4v) is 4.01. The van der Waals surface area contributed by atoms with Crippen molar-refractivity contribution in [1.82, 2.24) is 9.88 Å². The molecule has 0 bridgehead atoms. The van der Waals surface area contributed by atoms with Crippen molar-refractivity contribution in [2.45, 2.75) is 39.7 Å². The minimum Gasteiger partial charge on any atom is -0.487 e. The summed E-state index contributed by atoms with van der Waals surface area (Å²) in [5, 5.41) is 1.34. The molecule has 2 aromatic carbocycles. The number of aromatic nitrogens is 1. The Labute approximate surface area is 162 Å². The highest BCUT2D eigenvalue weighted by atomic mass is 16.5. The first-order valence-corrected chi connectivity index (χ1v) is 10.2. The number of aryl methyl sites for hydroxylation is 1. The third-order valence-corrected chi connectivity index (χ3v) is 5.86. The van der Waals surface area contributed by atoms with E-state index in [4.69, 9.17) is 4.74 Å². The molecule has 1 saturated heterocycles. The first-order chi connectivity index (χ1) is 13.2. The number of nitrogens with zero attached hydrogens (tertiary/aromatic N) is 1. The summed E-state index contributed by atoms with van der Waals surface area (Å²) in [6.07, 6.45) is 3.74. The molecular formula is C24H30N2O. The topological polar surface area (TPSA) is 28.3 Å². The SMILES string of the molecule is Cc1ccc(OCc2[nH]c3ccccc3c2CCN2CCC(C)CC2)cc1. The summed E-state index contributed by atoms with van der Waals surface area (Å²) < 4.78 is 6.08. The first-order valence-electron chi connectivity index (χ1n) is 10.2. The van der Waals surface area contributed by atoms with Gasteiger partial charge >= 0.3 is 0 Å². The minimum absolute atomic E-state index is 0.587. The molecule has 3 aromatic rings. The number of hydrogen-bond acceptors (Lipinski definition) is 2. The highest BCUT2D eigenvalue weighted by Crippen LogP contribution is 2.25. The average molecular weight is 363 g/mol. The van der Waals surface area contributed by atoms with E-state index >= 15 is 0 Å². The van der Waals surface area contributed by atoms with Crippen molar-refractivity contribution in [3.05, 3.63) is 65.4 Å². The predicted molar refractivity (Wildman–Crippen MR) is 112 cm³/mol. The third kappa shape index (κ3) is 4.36. The summed E-state index contributed by atoms with van der Waals surface area (Å²) >= 11 is 0. The predicted octanol–water partition coefficient (Wildman–Crippen LogP) is 5.33. The van der Waals surface area contributed by atoms with Gasteiger partial charge in [0.15, 0.2) is 0 Å². The number of hydrogen-bond donors (Lipinski definition) is 1. The Hall–Kier alpha value is -2.26. The van der Waals surface area contributed by atoms with Crippen LogP contribution in [0.1, 0.15) is 36.6 Å². The van der Waals surface area contributed by atoms with Gasteiger partial charge in [-0.25, -0.2) is 0 Å². The number of benzene rings is 2. The van der Waals surface area contributed by atoms with E-state index in [1.54, 1.807) is 0 Å². The van der Waals surface area contributed by atoms with Gasteiger partial charge in [0.25, 0.3) is 0 Å². The molecule has 0 spiro atoms.